The maximum atomic E-state index is 12.0. The molecule has 110 valence electrons. The topological polar surface area (TPSA) is 59.8 Å². The van der Waals surface area contributed by atoms with Gasteiger partial charge in [0, 0.05) is 19.2 Å². The van der Waals surface area contributed by atoms with Crippen LogP contribution in [0.5, 0.6) is 0 Å². The van der Waals surface area contributed by atoms with Gasteiger partial charge in [0.25, 0.3) is 0 Å². The Balaban J connectivity index is 1.81. The number of amides is 1. The van der Waals surface area contributed by atoms with Gasteiger partial charge in [-0.25, -0.2) is 0 Å². The average molecular weight is 302 g/mol. The lowest BCUT2D eigenvalue weighted by Gasteiger charge is -2.11. The standard InChI is InChI=1S/C15H18N4OS/c1-19-13(11-7-3-2-4-8-11)17-18-15(19)21-12-9-5-6-10-16-14(12)20/h2-4,7-8,12H,5-6,9-10H2,1H3,(H,16,20). The third-order valence-corrected chi connectivity index (χ3v) is 4.90. The maximum absolute atomic E-state index is 12.0. The Hall–Kier alpha value is -1.82. The fourth-order valence-electron chi connectivity index (χ4n) is 2.41. The van der Waals surface area contributed by atoms with Crippen LogP contribution < -0.4 is 5.32 Å². The summed E-state index contributed by atoms with van der Waals surface area (Å²) in [4.78, 5) is 12.0. The lowest BCUT2D eigenvalue weighted by Crippen LogP contribution is -2.30. The number of nitrogens with one attached hydrogen (secondary N) is 1. The molecule has 1 atom stereocenters. The van der Waals surface area contributed by atoms with E-state index in [0.717, 1.165) is 42.4 Å². The molecule has 1 aromatic carbocycles. The fourth-order valence-corrected chi connectivity index (χ4v) is 3.47. The minimum absolute atomic E-state index is 0.0703. The van der Waals surface area contributed by atoms with Gasteiger partial charge in [-0.15, -0.1) is 10.2 Å². The van der Waals surface area contributed by atoms with E-state index in [4.69, 9.17) is 0 Å². The zero-order valence-corrected chi connectivity index (χ0v) is 12.8. The van der Waals surface area contributed by atoms with Crippen LogP contribution in [0.1, 0.15) is 19.3 Å². The van der Waals surface area contributed by atoms with Crippen molar-refractivity contribution in [1.29, 1.82) is 0 Å². The lowest BCUT2D eigenvalue weighted by molar-refractivity contribution is -0.120. The molecule has 0 spiro atoms. The van der Waals surface area contributed by atoms with E-state index in [-0.39, 0.29) is 11.2 Å². The van der Waals surface area contributed by atoms with Crippen molar-refractivity contribution >= 4 is 17.7 Å². The first-order valence-corrected chi connectivity index (χ1v) is 8.03. The molecule has 1 amide bonds. The van der Waals surface area contributed by atoms with Gasteiger partial charge in [-0.2, -0.15) is 0 Å². The summed E-state index contributed by atoms with van der Waals surface area (Å²) in [5.74, 6) is 0.939. The molecule has 1 N–H and O–H groups in total. The molecule has 0 bridgehead atoms. The SMILES string of the molecule is Cn1c(SC2CCCCNC2=O)nnc1-c1ccccc1. The molecule has 21 heavy (non-hydrogen) atoms. The fraction of sp³-hybridized carbons (Fsp3) is 0.400. The Kier molecular flexibility index (Phi) is 4.24. The maximum Gasteiger partial charge on any atom is 0.233 e. The minimum Gasteiger partial charge on any atom is -0.355 e. The monoisotopic (exact) mass is 302 g/mol. The molecule has 0 aliphatic carbocycles. The highest BCUT2D eigenvalue weighted by Crippen LogP contribution is 2.28. The molecule has 1 fully saturated rings. The molecular formula is C15H18N4OS. The predicted molar refractivity (Wildman–Crippen MR) is 82.9 cm³/mol. The number of hydrogen-bond acceptors (Lipinski definition) is 4. The molecular weight excluding hydrogens is 284 g/mol. The molecule has 1 aromatic heterocycles. The van der Waals surface area contributed by atoms with Gasteiger partial charge in [0.2, 0.25) is 5.91 Å². The molecule has 6 heteroatoms. The highest BCUT2D eigenvalue weighted by molar-refractivity contribution is 8.00. The number of hydrogen-bond donors (Lipinski definition) is 1. The van der Waals surface area contributed by atoms with Crippen LogP contribution in [0.15, 0.2) is 35.5 Å². The van der Waals surface area contributed by atoms with Crippen molar-refractivity contribution < 1.29 is 4.79 Å². The summed E-state index contributed by atoms with van der Waals surface area (Å²) < 4.78 is 1.96. The Bertz CT molecular complexity index is 626. The zero-order chi connectivity index (χ0) is 14.7. The summed E-state index contributed by atoms with van der Waals surface area (Å²) in [5, 5.41) is 12.2. The summed E-state index contributed by atoms with van der Waals surface area (Å²) in [5.41, 5.74) is 1.03. The largest absolute Gasteiger partial charge is 0.355 e. The molecule has 2 heterocycles. The van der Waals surface area contributed by atoms with Crippen molar-refractivity contribution in [3.05, 3.63) is 30.3 Å². The van der Waals surface area contributed by atoms with Gasteiger partial charge in [0.05, 0.1) is 5.25 Å². The van der Waals surface area contributed by atoms with E-state index in [2.05, 4.69) is 15.5 Å². The van der Waals surface area contributed by atoms with Crippen LogP contribution in [-0.4, -0.2) is 32.5 Å². The Labute approximate surface area is 128 Å². The second-order valence-electron chi connectivity index (χ2n) is 5.12. The summed E-state index contributed by atoms with van der Waals surface area (Å²) in [6.07, 6.45) is 3.01. The van der Waals surface area contributed by atoms with Crippen molar-refractivity contribution in [2.45, 2.75) is 29.7 Å². The van der Waals surface area contributed by atoms with E-state index >= 15 is 0 Å². The lowest BCUT2D eigenvalue weighted by atomic mass is 10.2. The van der Waals surface area contributed by atoms with Gasteiger partial charge in [-0.05, 0) is 12.8 Å². The summed E-state index contributed by atoms with van der Waals surface area (Å²) >= 11 is 1.51. The average Bonchev–Trinajstić information content (AvgIpc) is 2.74. The van der Waals surface area contributed by atoms with Crippen molar-refractivity contribution in [1.82, 2.24) is 20.1 Å². The van der Waals surface area contributed by atoms with E-state index in [9.17, 15) is 4.79 Å². The van der Waals surface area contributed by atoms with Crippen molar-refractivity contribution in [2.75, 3.05) is 6.54 Å². The minimum atomic E-state index is -0.0703. The first-order chi connectivity index (χ1) is 10.3. The molecule has 0 radical (unpaired) electrons. The second kappa shape index (κ2) is 6.30. The Morgan fingerprint density at radius 1 is 1.24 bits per heavy atom. The molecule has 3 rings (SSSR count). The van der Waals surface area contributed by atoms with Gasteiger partial charge in [0.1, 0.15) is 0 Å². The molecule has 1 aliphatic heterocycles. The van der Waals surface area contributed by atoms with Gasteiger partial charge in [-0.1, -0.05) is 48.5 Å². The molecule has 1 aliphatic rings. The van der Waals surface area contributed by atoms with E-state index < -0.39 is 0 Å². The summed E-state index contributed by atoms with van der Waals surface area (Å²) in [7, 11) is 1.94. The Morgan fingerprint density at radius 2 is 2.05 bits per heavy atom. The van der Waals surface area contributed by atoms with E-state index in [1.807, 2.05) is 41.9 Å². The number of aromatic nitrogens is 3. The first-order valence-electron chi connectivity index (χ1n) is 7.15. The molecule has 5 nitrogen and oxygen atoms in total. The highest BCUT2D eigenvalue weighted by Gasteiger charge is 2.24. The van der Waals surface area contributed by atoms with Crippen LogP contribution in [0.2, 0.25) is 0 Å². The van der Waals surface area contributed by atoms with Crippen LogP contribution in [0.3, 0.4) is 0 Å². The summed E-state index contributed by atoms with van der Waals surface area (Å²) in [6.45, 7) is 0.782. The third-order valence-electron chi connectivity index (χ3n) is 3.60. The number of rotatable bonds is 3. The number of nitrogens with zero attached hydrogens (tertiary/aromatic N) is 3. The smallest absolute Gasteiger partial charge is 0.233 e. The first kappa shape index (κ1) is 14.1. The van der Waals surface area contributed by atoms with Crippen LogP contribution in [0, 0.1) is 0 Å². The normalized spacial score (nSPS) is 19.1. The number of carbonyl (C=O) groups excluding carboxylic acids is 1. The highest BCUT2D eigenvalue weighted by atomic mass is 32.2. The molecule has 2 aromatic rings. The predicted octanol–water partition coefficient (Wildman–Crippen LogP) is 2.24. The van der Waals surface area contributed by atoms with E-state index in [1.54, 1.807) is 0 Å². The van der Waals surface area contributed by atoms with Gasteiger partial charge in [0.15, 0.2) is 11.0 Å². The number of thioether (sulfide) groups is 1. The second-order valence-corrected chi connectivity index (χ2v) is 6.29. The van der Waals surface area contributed by atoms with Crippen LogP contribution in [0.25, 0.3) is 11.4 Å². The van der Waals surface area contributed by atoms with Crippen molar-refractivity contribution in [3.8, 4) is 11.4 Å². The number of benzene rings is 1. The van der Waals surface area contributed by atoms with Crippen LogP contribution in [0.4, 0.5) is 0 Å². The van der Waals surface area contributed by atoms with Gasteiger partial charge in [-0.3, -0.25) is 4.79 Å². The van der Waals surface area contributed by atoms with Crippen LogP contribution >= 0.6 is 11.8 Å². The third kappa shape index (κ3) is 3.10. The molecule has 1 unspecified atom stereocenters. The summed E-state index contributed by atoms with van der Waals surface area (Å²) in [6, 6.07) is 9.96. The van der Waals surface area contributed by atoms with Gasteiger partial charge >= 0.3 is 0 Å². The van der Waals surface area contributed by atoms with Crippen LogP contribution in [-0.2, 0) is 11.8 Å². The molecule has 0 saturated carbocycles. The number of carbonyl (C=O) groups is 1. The van der Waals surface area contributed by atoms with E-state index in [0.29, 0.717) is 0 Å². The van der Waals surface area contributed by atoms with Gasteiger partial charge < -0.3 is 9.88 Å². The van der Waals surface area contributed by atoms with E-state index in [1.165, 1.54) is 11.8 Å². The zero-order valence-electron chi connectivity index (χ0n) is 12.0. The molecule has 1 saturated heterocycles. The van der Waals surface area contributed by atoms with Crippen molar-refractivity contribution in [2.24, 2.45) is 7.05 Å². The Morgan fingerprint density at radius 3 is 2.86 bits per heavy atom. The quantitative estimate of drug-likeness (QED) is 0.944. The van der Waals surface area contributed by atoms with Crippen molar-refractivity contribution in [3.63, 3.8) is 0 Å².